The summed E-state index contributed by atoms with van der Waals surface area (Å²) in [6, 6.07) is 6.49. The van der Waals surface area contributed by atoms with Crippen molar-refractivity contribution in [3.8, 4) is 10.6 Å². The summed E-state index contributed by atoms with van der Waals surface area (Å²) in [5.41, 5.74) is 7.18. The van der Waals surface area contributed by atoms with E-state index in [0.717, 1.165) is 10.2 Å². The SMILES string of the molecule is Nc1ccc(-c2nc3cnccc3s2)c(F)c1. The number of thiazole rings is 1. The monoisotopic (exact) mass is 245 g/mol. The molecule has 5 heteroatoms. The first kappa shape index (κ1) is 10.2. The quantitative estimate of drug-likeness (QED) is 0.670. The molecule has 2 heterocycles. The summed E-state index contributed by atoms with van der Waals surface area (Å²) >= 11 is 1.44. The van der Waals surface area contributed by atoms with Crippen molar-refractivity contribution < 1.29 is 4.39 Å². The number of nitrogens with zero attached hydrogens (tertiary/aromatic N) is 2. The van der Waals surface area contributed by atoms with Crippen LogP contribution in [0.15, 0.2) is 36.7 Å². The van der Waals surface area contributed by atoms with E-state index >= 15 is 0 Å². The van der Waals surface area contributed by atoms with E-state index in [1.54, 1.807) is 24.5 Å². The molecule has 0 bridgehead atoms. The van der Waals surface area contributed by atoms with Gasteiger partial charge in [0.2, 0.25) is 0 Å². The number of rotatable bonds is 1. The molecule has 2 N–H and O–H groups in total. The highest BCUT2D eigenvalue weighted by Crippen LogP contribution is 2.31. The molecule has 0 amide bonds. The molecule has 3 rings (SSSR count). The van der Waals surface area contributed by atoms with Gasteiger partial charge in [-0.15, -0.1) is 11.3 Å². The smallest absolute Gasteiger partial charge is 0.135 e. The number of hydrogen-bond acceptors (Lipinski definition) is 4. The number of nitrogen functional groups attached to an aromatic ring is 1. The van der Waals surface area contributed by atoms with Crippen molar-refractivity contribution >= 4 is 27.2 Å². The van der Waals surface area contributed by atoms with E-state index in [0.29, 0.717) is 16.3 Å². The van der Waals surface area contributed by atoms with Crippen molar-refractivity contribution in [1.82, 2.24) is 9.97 Å². The lowest BCUT2D eigenvalue weighted by Gasteiger charge is -1.99. The van der Waals surface area contributed by atoms with Gasteiger partial charge in [-0.05, 0) is 24.3 Å². The third-order valence-corrected chi connectivity index (χ3v) is 3.48. The Balaban J connectivity index is 2.20. The lowest BCUT2D eigenvalue weighted by molar-refractivity contribution is 0.632. The average molecular weight is 245 g/mol. The molecule has 2 aromatic heterocycles. The van der Waals surface area contributed by atoms with E-state index in [-0.39, 0.29) is 5.82 Å². The summed E-state index contributed by atoms with van der Waals surface area (Å²) in [7, 11) is 0. The summed E-state index contributed by atoms with van der Waals surface area (Å²) in [5, 5.41) is 0.644. The second-order valence-corrected chi connectivity index (χ2v) is 4.63. The zero-order valence-corrected chi connectivity index (χ0v) is 9.54. The van der Waals surface area contributed by atoms with Crippen molar-refractivity contribution in [2.24, 2.45) is 0 Å². The third kappa shape index (κ3) is 1.74. The van der Waals surface area contributed by atoms with Gasteiger partial charge in [0, 0.05) is 17.4 Å². The van der Waals surface area contributed by atoms with Gasteiger partial charge in [-0.25, -0.2) is 9.37 Å². The van der Waals surface area contributed by atoms with Crippen LogP contribution in [0.1, 0.15) is 0 Å². The van der Waals surface area contributed by atoms with Gasteiger partial charge in [-0.1, -0.05) is 0 Å². The molecule has 0 spiro atoms. The lowest BCUT2D eigenvalue weighted by atomic mass is 10.2. The summed E-state index contributed by atoms with van der Waals surface area (Å²) in [4.78, 5) is 8.34. The van der Waals surface area contributed by atoms with Crippen LogP contribution in [0, 0.1) is 5.82 Å². The molecule has 84 valence electrons. The van der Waals surface area contributed by atoms with Gasteiger partial charge in [-0.2, -0.15) is 0 Å². The minimum absolute atomic E-state index is 0.350. The first-order chi connectivity index (χ1) is 8.24. The number of hydrogen-bond donors (Lipinski definition) is 1. The summed E-state index contributed by atoms with van der Waals surface area (Å²) < 4.78 is 14.7. The van der Waals surface area contributed by atoms with Gasteiger partial charge in [0.25, 0.3) is 0 Å². The summed E-state index contributed by atoms with van der Waals surface area (Å²) in [5.74, 6) is -0.350. The van der Waals surface area contributed by atoms with Crippen LogP contribution in [0.2, 0.25) is 0 Å². The summed E-state index contributed by atoms with van der Waals surface area (Å²) in [6.45, 7) is 0. The maximum Gasteiger partial charge on any atom is 0.135 e. The number of aromatic nitrogens is 2. The van der Waals surface area contributed by atoms with E-state index in [9.17, 15) is 4.39 Å². The molecule has 0 fully saturated rings. The fraction of sp³-hybridized carbons (Fsp3) is 0. The zero-order chi connectivity index (χ0) is 11.8. The number of benzene rings is 1. The lowest BCUT2D eigenvalue weighted by Crippen LogP contribution is -1.88. The molecular formula is C12H8FN3S. The van der Waals surface area contributed by atoms with E-state index in [4.69, 9.17) is 5.73 Å². The van der Waals surface area contributed by atoms with Crippen LogP contribution in [-0.2, 0) is 0 Å². The van der Waals surface area contributed by atoms with E-state index < -0.39 is 0 Å². The Morgan fingerprint density at radius 1 is 1.24 bits per heavy atom. The second kappa shape index (κ2) is 3.78. The fourth-order valence-electron chi connectivity index (χ4n) is 1.60. The minimum atomic E-state index is -0.350. The Hall–Kier alpha value is -2.01. The molecule has 3 nitrogen and oxygen atoms in total. The van der Waals surface area contributed by atoms with Crippen molar-refractivity contribution in [2.75, 3.05) is 5.73 Å². The topological polar surface area (TPSA) is 51.8 Å². The standard InChI is InChI=1S/C12H8FN3S/c13-9-5-7(14)1-2-8(9)12-16-10-6-15-4-3-11(10)17-12/h1-6H,14H2. The third-order valence-electron chi connectivity index (χ3n) is 2.41. The minimum Gasteiger partial charge on any atom is -0.399 e. The van der Waals surface area contributed by atoms with E-state index in [1.165, 1.54) is 17.4 Å². The molecule has 0 unspecified atom stereocenters. The van der Waals surface area contributed by atoms with Crippen LogP contribution < -0.4 is 5.73 Å². The molecule has 3 aromatic rings. The van der Waals surface area contributed by atoms with Crippen LogP contribution in [0.3, 0.4) is 0 Å². The van der Waals surface area contributed by atoms with Gasteiger partial charge in [-0.3, -0.25) is 4.98 Å². The van der Waals surface area contributed by atoms with Crippen molar-refractivity contribution in [3.05, 3.63) is 42.5 Å². The first-order valence-electron chi connectivity index (χ1n) is 5.00. The van der Waals surface area contributed by atoms with Gasteiger partial charge in [0.1, 0.15) is 16.3 Å². The number of pyridine rings is 1. The van der Waals surface area contributed by atoms with Crippen LogP contribution in [-0.4, -0.2) is 9.97 Å². The first-order valence-corrected chi connectivity index (χ1v) is 5.81. The van der Waals surface area contributed by atoms with E-state index in [2.05, 4.69) is 9.97 Å². The maximum atomic E-state index is 13.7. The van der Waals surface area contributed by atoms with E-state index in [1.807, 2.05) is 6.07 Å². The highest BCUT2D eigenvalue weighted by Gasteiger charge is 2.10. The molecule has 1 aromatic carbocycles. The number of nitrogens with two attached hydrogens (primary N) is 1. The largest absolute Gasteiger partial charge is 0.399 e. The maximum absolute atomic E-state index is 13.7. The Morgan fingerprint density at radius 3 is 2.88 bits per heavy atom. The van der Waals surface area contributed by atoms with Crippen LogP contribution >= 0.6 is 11.3 Å². The Bertz CT molecular complexity index is 660. The fourth-order valence-corrected chi connectivity index (χ4v) is 2.56. The number of anilines is 1. The van der Waals surface area contributed by atoms with Crippen LogP contribution in [0.25, 0.3) is 20.8 Å². The molecule has 0 saturated heterocycles. The van der Waals surface area contributed by atoms with Crippen LogP contribution in [0.5, 0.6) is 0 Å². The van der Waals surface area contributed by atoms with Crippen LogP contribution in [0.4, 0.5) is 10.1 Å². The number of halogens is 1. The molecule has 17 heavy (non-hydrogen) atoms. The Labute approximate surface area is 101 Å². The molecule has 0 saturated carbocycles. The molecule has 0 radical (unpaired) electrons. The molecule has 0 aliphatic heterocycles. The molecule has 0 atom stereocenters. The summed E-state index contributed by atoms with van der Waals surface area (Å²) in [6.07, 6.45) is 3.37. The highest BCUT2D eigenvalue weighted by molar-refractivity contribution is 7.21. The van der Waals surface area contributed by atoms with Crippen molar-refractivity contribution in [3.63, 3.8) is 0 Å². The predicted molar refractivity (Wildman–Crippen MR) is 67.2 cm³/mol. The Kier molecular flexibility index (Phi) is 2.26. The van der Waals surface area contributed by atoms with Gasteiger partial charge in [0.15, 0.2) is 0 Å². The molecule has 0 aliphatic rings. The predicted octanol–water partition coefficient (Wildman–Crippen LogP) is 3.08. The molecule has 0 aliphatic carbocycles. The van der Waals surface area contributed by atoms with Gasteiger partial charge in [0.05, 0.1) is 10.9 Å². The van der Waals surface area contributed by atoms with Crippen molar-refractivity contribution in [1.29, 1.82) is 0 Å². The molecular weight excluding hydrogens is 237 g/mol. The average Bonchev–Trinajstić information content (AvgIpc) is 2.72. The van der Waals surface area contributed by atoms with Crippen molar-refractivity contribution in [2.45, 2.75) is 0 Å². The zero-order valence-electron chi connectivity index (χ0n) is 8.72. The van der Waals surface area contributed by atoms with Gasteiger partial charge < -0.3 is 5.73 Å². The van der Waals surface area contributed by atoms with Gasteiger partial charge >= 0.3 is 0 Å². The number of fused-ring (bicyclic) bond motifs is 1. The highest BCUT2D eigenvalue weighted by atomic mass is 32.1. The second-order valence-electron chi connectivity index (χ2n) is 3.60. The normalized spacial score (nSPS) is 10.9. The Morgan fingerprint density at radius 2 is 2.12 bits per heavy atom.